The molecule has 150 valence electrons. The summed E-state index contributed by atoms with van der Waals surface area (Å²) < 4.78 is 1.68. The van der Waals surface area contributed by atoms with Gasteiger partial charge < -0.3 is 4.90 Å². The fourth-order valence-corrected chi connectivity index (χ4v) is 4.69. The van der Waals surface area contributed by atoms with Crippen LogP contribution in [-0.4, -0.2) is 39.2 Å². The van der Waals surface area contributed by atoms with Gasteiger partial charge in [0.2, 0.25) is 5.91 Å². The minimum atomic E-state index is -0.0974. The first kappa shape index (κ1) is 19.7. The third kappa shape index (κ3) is 3.94. The average molecular weight is 408 g/mol. The topological polar surface area (TPSA) is 55.2 Å². The van der Waals surface area contributed by atoms with Crippen molar-refractivity contribution in [1.82, 2.24) is 14.5 Å². The summed E-state index contributed by atoms with van der Waals surface area (Å²) in [6.07, 6.45) is 2.13. The van der Waals surface area contributed by atoms with Crippen molar-refractivity contribution < 1.29 is 4.79 Å². The van der Waals surface area contributed by atoms with Crippen LogP contribution < -0.4 is 5.56 Å². The molecule has 1 saturated heterocycles. The lowest BCUT2D eigenvalue weighted by molar-refractivity contribution is -0.127. The molecule has 1 amide bonds. The molecule has 0 atom stereocenters. The number of amides is 1. The molecule has 4 rings (SSSR count). The Morgan fingerprint density at radius 2 is 1.76 bits per heavy atom. The summed E-state index contributed by atoms with van der Waals surface area (Å²) in [5.41, 5.74) is 2.48. The first-order chi connectivity index (χ1) is 14.1. The van der Waals surface area contributed by atoms with Crippen LogP contribution in [0.3, 0.4) is 0 Å². The highest BCUT2D eigenvalue weighted by Gasteiger charge is 2.21. The minimum Gasteiger partial charge on any atom is -0.342 e. The molecule has 2 aromatic carbocycles. The molecular formula is C23H25N3O2S. The van der Waals surface area contributed by atoms with Crippen LogP contribution in [0.1, 0.15) is 38.2 Å². The fraction of sp³-hybridized carbons (Fsp3) is 0.348. The number of rotatable bonds is 5. The molecule has 5 nitrogen and oxygen atoms in total. The Labute approximate surface area is 174 Å². The third-order valence-corrected chi connectivity index (χ3v) is 6.25. The van der Waals surface area contributed by atoms with Gasteiger partial charge in [0.15, 0.2) is 5.16 Å². The van der Waals surface area contributed by atoms with Crippen molar-refractivity contribution in [3.63, 3.8) is 0 Å². The summed E-state index contributed by atoms with van der Waals surface area (Å²) in [7, 11) is 0. The molecule has 1 aliphatic rings. The maximum Gasteiger partial charge on any atom is 0.266 e. The van der Waals surface area contributed by atoms with Crippen LogP contribution in [0.2, 0.25) is 0 Å². The van der Waals surface area contributed by atoms with E-state index < -0.39 is 0 Å². The molecule has 0 saturated carbocycles. The zero-order chi connectivity index (χ0) is 20.4. The van der Waals surface area contributed by atoms with Gasteiger partial charge in [0, 0.05) is 13.1 Å². The van der Waals surface area contributed by atoms with Gasteiger partial charge in [-0.15, -0.1) is 0 Å². The van der Waals surface area contributed by atoms with Gasteiger partial charge in [0.25, 0.3) is 5.56 Å². The monoisotopic (exact) mass is 407 g/mol. The van der Waals surface area contributed by atoms with E-state index in [0.717, 1.165) is 37.2 Å². The lowest BCUT2D eigenvalue weighted by Crippen LogP contribution is -2.30. The van der Waals surface area contributed by atoms with E-state index in [1.807, 2.05) is 53.4 Å². The molecule has 0 radical (unpaired) electrons. The molecule has 1 aromatic heterocycles. The second-order valence-electron chi connectivity index (χ2n) is 7.64. The highest BCUT2D eigenvalue weighted by Crippen LogP contribution is 2.27. The van der Waals surface area contributed by atoms with E-state index in [2.05, 4.69) is 13.8 Å². The quantitative estimate of drug-likeness (QED) is 0.469. The van der Waals surface area contributed by atoms with Gasteiger partial charge in [-0.25, -0.2) is 4.98 Å². The van der Waals surface area contributed by atoms with Crippen molar-refractivity contribution in [3.05, 3.63) is 64.4 Å². The van der Waals surface area contributed by atoms with Gasteiger partial charge >= 0.3 is 0 Å². The molecule has 0 aliphatic carbocycles. The van der Waals surface area contributed by atoms with E-state index in [0.29, 0.717) is 16.1 Å². The molecule has 3 aromatic rings. The number of para-hydroxylation sites is 2. The summed E-state index contributed by atoms with van der Waals surface area (Å²) >= 11 is 1.35. The van der Waals surface area contributed by atoms with Crippen molar-refractivity contribution in [2.45, 2.75) is 37.8 Å². The van der Waals surface area contributed by atoms with E-state index >= 15 is 0 Å². The number of aromatic nitrogens is 2. The van der Waals surface area contributed by atoms with Crippen LogP contribution in [0, 0.1) is 0 Å². The van der Waals surface area contributed by atoms with Gasteiger partial charge in [-0.3, -0.25) is 14.2 Å². The van der Waals surface area contributed by atoms with Crippen LogP contribution in [0.5, 0.6) is 0 Å². The average Bonchev–Trinajstić information content (AvgIpc) is 3.27. The number of hydrogen-bond acceptors (Lipinski definition) is 4. The predicted octanol–water partition coefficient (Wildman–Crippen LogP) is 4.22. The minimum absolute atomic E-state index is 0.0974. The summed E-state index contributed by atoms with van der Waals surface area (Å²) in [4.78, 5) is 32.7. The van der Waals surface area contributed by atoms with Crippen molar-refractivity contribution in [1.29, 1.82) is 0 Å². The molecule has 2 heterocycles. The summed E-state index contributed by atoms with van der Waals surface area (Å²) in [5, 5.41) is 1.15. The second-order valence-corrected chi connectivity index (χ2v) is 8.58. The Balaban J connectivity index is 1.81. The number of benzene rings is 2. The van der Waals surface area contributed by atoms with Crippen LogP contribution in [-0.2, 0) is 4.79 Å². The second kappa shape index (κ2) is 8.41. The smallest absolute Gasteiger partial charge is 0.266 e. The maximum absolute atomic E-state index is 13.4. The largest absolute Gasteiger partial charge is 0.342 e. The van der Waals surface area contributed by atoms with Crippen LogP contribution in [0.15, 0.2) is 58.5 Å². The van der Waals surface area contributed by atoms with E-state index in [-0.39, 0.29) is 23.1 Å². The number of thioether (sulfide) groups is 1. The zero-order valence-corrected chi connectivity index (χ0v) is 17.6. The molecule has 6 heteroatoms. The third-order valence-electron chi connectivity index (χ3n) is 5.33. The number of nitrogens with zero attached hydrogens (tertiary/aromatic N) is 3. The first-order valence-corrected chi connectivity index (χ1v) is 11.1. The number of carbonyl (C=O) groups is 1. The zero-order valence-electron chi connectivity index (χ0n) is 16.8. The maximum atomic E-state index is 13.4. The van der Waals surface area contributed by atoms with Crippen LogP contribution in [0.4, 0.5) is 0 Å². The standard InChI is InChI=1S/C23H25N3O2S/c1-16(2)17-9-4-6-12-20(17)26-22(28)18-10-3-5-11-19(18)24-23(26)29-15-21(27)25-13-7-8-14-25/h3-6,9-12,16H,7-8,13-15H2,1-2H3. The van der Waals surface area contributed by atoms with Crippen LogP contribution in [0.25, 0.3) is 16.6 Å². The van der Waals surface area contributed by atoms with E-state index in [1.54, 1.807) is 4.57 Å². The van der Waals surface area contributed by atoms with Gasteiger partial charge in [-0.05, 0) is 42.5 Å². The highest BCUT2D eigenvalue weighted by molar-refractivity contribution is 7.99. The Kier molecular flexibility index (Phi) is 5.72. The van der Waals surface area contributed by atoms with Gasteiger partial charge in [-0.1, -0.05) is 55.9 Å². The molecule has 29 heavy (non-hydrogen) atoms. The Morgan fingerprint density at radius 1 is 1.07 bits per heavy atom. The molecule has 0 bridgehead atoms. The molecule has 1 fully saturated rings. The van der Waals surface area contributed by atoms with Crippen molar-refractivity contribution >= 4 is 28.6 Å². The molecule has 0 N–H and O–H groups in total. The van der Waals surface area contributed by atoms with E-state index in [4.69, 9.17) is 4.98 Å². The summed E-state index contributed by atoms with van der Waals surface area (Å²) in [6.45, 7) is 5.88. The molecular weight excluding hydrogens is 382 g/mol. The molecule has 0 spiro atoms. The Bertz CT molecular complexity index is 1100. The highest BCUT2D eigenvalue weighted by atomic mass is 32.2. The van der Waals surface area contributed by atoms with Crippen molar-refractivity contribution in [3.8, 4) is 5.69 Å². The number of likely N-dealkylation sites (tertiary alicyclic amines) is 1. The van der Waals surface area contributed by atoms with Crippen LogP contribution >= 0.6 is 11.8 Å². The Morgan fingerprint density at radius 3 is 2.52 bits per heavy atom. The number of hydrogen-bond donors (Lipinski definition) is 0. The lowest BCUT2D eigenvalue weighted by atomic mass is 10.0. The van der Waals surface area contributed by atoms with Gasteiger partial charge in [0.05, 0.1) is 22.3 Å². The predicted molar refractivity (Wildman–Crippen MR) is 118 cm³/mol. The normalized spacial score (nSPS) is 14.1. The molecule has 0 unspecified atom stereocenters. The van der Waals surface area contributed by atoms with Crippen molar-refractivity contribution in [2.24, 2.45) is 0 Å². The van der Waals surface area contributed by atoms with E-state index in [1.165, 1.54) is 11.8 Å². The van der Waals surface area contributed by atoms with Crippen molar-refractivity contribution in [2.75, 3.05) is 18.8 Å². The van der Waals surface area contributed by atoms with Gasteiger partial charge in [-0.2, -0.15) is 0 Å². The number of carbonyl (C=O) groups excluding carboxylic acids is 1. The Hall–Kier alpha value is -2.60. The SMILES string of the molecule is CC(C)c1ccccc1-n1c(SCC(=O)N2CCCC2)nc2ccccc2c1=O. The number of fused-ring (bicyclic) bond motifs is 1. The lowest BCUT2D eigenvalue weighted by Gasteiger charge is -2.19. The summed E-state index contributed by atoms with van der Waals surface area (Å²) in [6, 6.07) is 15.3. The summed E-state index contributed by atoms with van der Waals surface area (Å²) in [5.74, 6) is 0.654. The molecule has 1 aliphatic heterocycles. The van der Waals surface area contributed by atoms with E-state index in [9.17, 15) is 9.59 Å². The van der Waals surface area contributed by atoms with Gasteiger partial charge in [0.1, 0.15) is 0 Å². The fourth-order valence-electron chi connectivity index (χ4n) is 3.79. The first-order valence-electron chi connectivity index (χ1n) is 10.1.